The number of nitrogens with two attached hydrogens (primary N) is 1. The second-order valence-corrected chi connectivity index (χ2v) is 34.6. The van der Waals surface area contributed by atoms with Crippen molar-refractivity contribution in [2.75, 3.05) is 10.6 Å². The Labute approximate surface area is 595 Å². The molecule has 4 aliphatic carbocycles. The molecule has 2 aromatic rings. The number of anilines is 2. The fourth-order valence-electron chi connectivity index (χ4n) is 9.87. The Morgan fingerprint density at radius 2 is 0.659 bits per heavy atom. The van der Waals surface area contributed by atoms with Crippen LogP contribution in [-0.4, -0.2) is 102 Å². The second kappa shape index (κ2) is 62.5. The third-order valence-electron chi connectivity index (χ3n) is 12.6. The minimum absolute atomic E-state index is 0. The molecule has 0 aliphatic heterocycles. The standard InChI is InChI=1S/2C9H19NO2.2C7H13NO2.2C7H7NO2.2C7H13N.CH3.6ClH.H2N.3Pt/c2*1-8(2,3)6-9(4,5)10-7(11)12;4*9-7(10)8-6-4-2-1-3-5-6;2*1-6-4-2-3-5-7(6)8;;;;;;;;;;;/h2*10H,6H2,1-5H3,(H,11,12);2*6,8H,1-5H2,(H,9,10);2*1-5,8H,(H,9,10);2*6-8H,1-5H2;1H3;6*1H;1H2;;;/q;;;;;;2*-2;-1;;;;;;;-1;3*+4/p-6/t;;;;;;2*6-,7-;;;;;;;;;;;/m......11.........../s1. The zero-order valence-electron chi connectivity index (χ0n) is 54.7. The van der Waals surface area contributed by atoms with Gasteiger partial charge in [0, 0.05) is 34.5 Å². The summed E-state index contributed by atoms with van der Waals surface area (Å²) in [6.07, 6.45) is 16.8. The summed E-state index contributed by atoms with van der Waals surface area (Å²) in [6, 6.07) is 18.2. The number of amides is 6. The van der Waals surface area contributed by atoms with Crippen LogP contribution in [0, 0.1) is 43.9 Å². The summed E-state index contributed by atoms with van der Waals surface area (Å²) in [5.41, 5.74) is 15.6. The van der Waals surface area contributed by atoms with E-state index in [1.165, 1.54) is 77.0 Å². The van der Waals surface area contributed by atoms with Crippen molar-refractivity contribution < 1.29 is 109 Å². The van der Waals surface area contributed by atoms with E-state index in [0.29, 0.717) is 23.2 Å². The molecule has 4 aliphatic rings. The maximum absolute atomic E-state index is 10.4. The average molecular weight is 1960 g/mol. The summed E-state index contributed by atoms with van der Waals surface area (Å²) < 4.78 is 0. The van der Waals surface area contributed by atoms with Gasteiger partial charge >= 0.3 is 143 Å². The molecule has 4 fully saturated rings. The molecule has 0 heterocycles. The monoisotopic (exact) mass is 1950 g/mol. The number of rotatable bonds is 8. The van der Waals surface area contributed by atoms with Gasteiger partial charge in [-0.25, -0.2) is 28.8 Å². The Morgan fingerprint density at radius 3 is 0.835 bits per heavy atom. The zero-order valence-corrected chi connectivity index (χ0v) is 66.1. The molecule has 4 atom stereocenters. The molecule has 0 saturated heterocycles. The van der Waals surface area contributed by atoms with E-state index in [4.69, 9.17) is 98.6 Å². The minimum atomic E-state index is -1.04. The molecule has 6 amide bonds. The summed E-state index contributed by atoms with van der Waals surface area (Å²) >= 11 is -1.42. The van der Waals surface area contributed by atoms with Crippen LogP contribution in [0.5, 0.6) is 0 Å². The maximum atomic E-state index is 10.4. The molecule has 91 heavy (non-hydrogen) atoms. The molecule has 2 aromatic carbocycles. The fourth-order valence-corrected chi connectivity index (χ4v) is 9.87. The van der Waals surface area contributed by atoms with Crippen molar-refractivity contribution in [2.45, 2.75) is 233 Å². The number of benzene rings is 2. The SMILES string of the molecule is CC(C)(C)CC(C)(C)NC(=O)O.CC(C)(C)CC(C)(C)NC(=O)O.O=C(O)NC1CCCCC1.O=C(O)NC1CCCCC1.O=C(O)Nc1ccccc1.O=C(O)Nc1ccccc1.[CH2-][C@@H]1CCCC[C@H]1[NH-].[CH2-][C@@H]1CCCC[C@H]1[NH-].[CH3-].[Cl][Pt+2][Cl].[Cl][Pt+2][Cl].[Cl][Pt+2][Cl].[NH2-]. The fraction of sp³-hybridized carbons (Fsp3) is 0.656. The summed E-state index contributed by atoms with van der Waals surface area (Å²) in [7, 11) is 29.2. The first kappa shape index (κ1) is 102. The van der Waals surface area contributed by atoms with Gasteiger partial charge in [0.05, 0.1) is 0 Å². The number of carboxylic acid groups (broad SMARTS) is 6. The van der Waals surface area contributed by atoms with Gasteiger partial charge in [0.25, 0.3) is 0 Å². The number of carbonyl (C=O) groups is 6. The smallest absolute Gasteiger partial charge is 0.693 e. The third kappa shape index (κ3) is 80.1. The first-order valence-electron chi connectivity index (χ1n) is 28.9. The van der Waals surface area contributed by atoms with E-state index in [1.807, 2.05) is 39.8 Å². The Hall–Kier alpha value is -2.26. The predicted molar refractivity (Wildman–Crippen MR) is 369 cm³/mol. The molecular weight excluding hydrogens is 1850 g/mol. The number of para-hydroxylation sites is 2. The summed E-state index contributed by atoms with van der Waals surface area (Å²) in [5, 5.41) is 64.7. The van der Waals surface area contributed by atoms with E-state index >= 15 is 0 Å². The molecular formula is C61H109Cl6N9O12Pt3. The Morgan fingerprint density at radius 1 is 0.429 bits per heavy atom. The van der Waals surface area contributed by atoms with Crippen molar-refractivity contribution in [3.05, 3.63) is 99.6 Å². The van der Waals surface area contributed by atoms with Crippen molar-refractivity contribution in [2.24, 2.45) is 22.7 Å². The van der Waals surface area contributed by atoms with Gasteiger partial charge < -0.3 is 90.8 Å². The van der Waals surface area contributed by atoms with Gasteiger partial charge in [-0.2, -0.15) is 23.9 Å². The van der Waals surface area contributed by atoms with Gasteiger partial charge in [0.1, 0.15) is 0 Å². The van der Waals surface area contributed by atoms with E-state index in [-0.39, 0.29) is 59.7 Å². The largest absolute Gasteiger partial charge is 0.693 e. The van der Waals surface area contributed by atoms with Gasteiger partial charge in [-0.05, 0) is 101 Å². The number of halogens is 6. The van der Waals surface area contributed by atoms with E-state index < -0.39 is 86.0 Å². The van der Waals surface area contributed by atoms with Crippen molar-refractivity contribution in [3.8, 4) is 0 Å². The Bertz CT molecular complexity index is 1930. The van der Waals surface area contributed by atoms with Crippen LogP contribution in [0.15, 0.2) is 60.7 Å². The molecule has 0 aromatic heterocycles. The van der Waals surface area contributed by atoms with Gasteiger partial charge in [-0.1, -0.05) is 168 Å². The topological polar surface area (TPSA) is 377 Å². The minimum Gasteiger partial charge on any atom is -0.693 e. The number of hydrogen-bond donors (Lipinski definition) is 12. The van der Waals surface area contributed by atoms with Crippen LogP contribution in [0.2, 0.25) is 0 Å². The molecule has 0 bridgehead atoms. The predicted octanol–water partition coefficient (Wildman–Crippen LogP) is 21.8. The average Bonchev–Trinajstić information content (AvgIpc) is 3.03. The molecule has 0 unspecified atom stereocenters. The van der Waals surface area contributed by atoms with Crippen molar-refractivity contribution in [1.29, 1.82) is 0 Å². The van der Waals surface area contributed by atoms with Crippen LogP contribution in [0.25, 0.3) is 17.6 Å². The van der Waals surface area contributed by atoms with Crippen LogP contribution in [0.4, 0.5) is 40.1 Å². The normalized spacial score (nSPS) is 17.5. The van der Waals surface area contributed by atoms with Gasteiger partial charge in [-0.15, -0.1) is 0 Å². The van der Waals surface area contributed by atoms with Crippen molar-refractivity contribution in [3.63, 3.8) is 0 Å². The first-order valence-corrected chi connectivity index (χ1v) is 45.8. The third-order valence-corrected chi connectivity index (χ3v) is 12.6. The maximum Gasteiger partial charge on any atom is -0.693 e. The van der Waals surface area contributed by atoms with Crippen molar-refractivity contribution in [1.82, 2.24) is 21.3 Å². The first-order chi connectivity index (χ1) is 41.2. The molecule has 0 radical (unpaired) electrons. The van der Waals surface area contributed by atoms with Gasteiger partial charge in [0.2, 0.25) is 0 Å². The van der Waals surface area contributed by atoms with Crippen LogP contribution in [0.1, 0.15) is 198 Å². The second-order valence-electron chi connectivity index (χ2n) is 24.7. The Balaban J connectivity index is -0.000000174. The van der Waals surface area contributed by atoms with Crippen LogP contribution >= 0.6 is 56.5 Å². The number of nitrogens with one attached hydrogen (secondary N) is 8. The molecule has 4 saturated carbocycles. The van der Waals surface area contributed by atoms with Gasteiger partial charge in [-0.3, -0.25) is 10.6 Å². The molecule has 0 spiro atoms. The summed E-state index contributed by atoms with van der Waals surface area (Å²) in [4.78, 5) is 61.2. The molecule has 21 nitrogen and oxygen atoms in total. The molecule has 542 valence electrons. The van der Waals surface area contributed by atoms with Crippen LogP contribution in [0.3, 0.4) is 0 Å². The van der Waals surface area contributed by atoms with Gasteiger partial charge in [0.15, 0.2) is 0 Å². The molecule has 6 rings (SSSR count). The van der Waals surface area contributed by atoms with E-state index in [1.54, 1.807) is 48.5 Å². The van der Waals surface area contributed by atoms with E-state index in [0.717, 1.165) is 51.4 Å². The Kier molecular flexibility index (Phi) is 70.3. The summed E-state index contributed by atoms with van der Waals surface area (Å²) in [5.74, 6) is 0.840. The van der Waals surface area contributed by atoms with Crippen LogP contribution < -0.4 is 31.9 Å². The quantitative estimate of drug-likeness (QED) is 0.110. The number of hydrogen-bond acceptors (Lipinski definition) is 6. The molecule has 30 heteroatoms. The van der Waals surface area contributed by atoms with Crippen LogP contribution in [-0.2, 0) is 49.4 Å². The zero-order chi connectivity index (χ0) is 69.7. The van der Waals surface area contributed by atoms with Crippen molar-refractivity contribution >= 4 is 104 Å². The summed E-state index contributed by atoms with van der Waals surface area (Å²) in [6.45, 7) is 27.9. The molecule has 16 N–H and O–H groups in total. The van der Waals surface area contributed by atoms with E-state index in [9.17, 15) is 28.8 Å². The van der Waals surface area contributed by atoms with E-state index in [2.05, 4.69) is 87.3 Å².